The summed E-state index contributed by atoms with van der Waals surface area (Å²) in [5.74, 6) is -2.30. The van der Waals surface area contributed by atoms with Crippen LogP contribution < -0.4 is 10.6 Å². The average Bonchev–Trinajstić information content (AvgIpc) is 3.21. The lowest BCUT2D eigenvalue weighted by Crippen LogP contribution is -2.34. The number of fused-ring (bicyclic) bond motifs is 1. The number of aromatic amines is 1. The Morgan fingerprint density at radius 3 is 2.42 bits per heavy atom. The van der Waals surface area contributed by atoms with Gasteiger partial charge >= 0.3 is 0 Å². The summed E-state index contributed by atoms with van der Waals surface area (Å²) in [6.45, 7) is 0.514. The Labute approximate surface area is 175 Å². The van der Waals surface area contributed by atoms with E-state index in [1.54, 1.807) is 12.1 Å². The second-order valence-corrected chi connectivity index (χ2v) is 8.02. The molecule has 1 fully saturated rings. The maximum atomic E-state index is 14.4. The predicted molar refractivity (Wildman–Crippen MR) is 108 cm³/mol. The lowest BCUT2D eigenvalue weighted by atomic mass is 9.70. The number of hydrogen-bond donors (Lipinski definition) is 3. The molecule has 3 aromatic rings. The molecule has 2 aliphatic rings. The molecule has 5 rings (SSSR count). The molecule has 158 valence electrons. The van der Waals surface area contributed by atoms with Crippen LogP contribution in [0.4, 0.5) is 13.2 Å². The number of benzene rings is 2. The third-order valence-electron chi connectivity index (χ3n) is 5.98. The Hall–Kier alpha value is -3.55. The van der Waals surface area contributed by atoms with Crippen molar-refractivity contribution in [2.24, 2.45) is 5.92 Å². The minimum atomic E-state index is -0.675. The largest absolute Gasteiger partial charge is 0.380 e. The van der Waals surface area contributed by atoms with Crippen LogP contribution in [0, 0.1) is 23.4 Å². The van der Waals surface area contributed by atoms with Crippen molar-refractivity contribution in [2.75, 3.05) is 6.54 Å². The van der Waals surface area contributed by atoms with Crippen LogP contribution in [-0.2, 0) is 9.59 Å². The minimum absolute atomic E-state index is 0.0508. The fraction of sp³-hybridized carbons (Fsp3) is 0.217. The van der Waals surface area contributed by atoms with Crippen molar-refractivity contribution in [3.63, 3.8) is 0 Å². The van der Waals surface area contributed by atoms with Crippen LogP contribution in [-0.4, -0.2) is 23.3 Å². The first kappa shape index (κ1) is 19.4. The number of hydrogen-bond acceptors (Lipinski definition) is 3. The van der Waals surface area contributed by atoms with E-state index in [9.17, 15) is 22.8 Å². The second kappa shape index (κ2) is 7.30. The Bertz CT molecular complexity index is 1240. The van der Waals surface area contributed by atoms with Crippen molar-refractivity contribution in [3.05, 3.63) is 71.2 Å². The van der Waals surface area contributed by atoms with E-state index in [1.165, 1.54) is 24.3 Å². The van der Waals surface area contributed by atoms with Crippen molar-refractivity contribution in [1.82, 2.24) is 15.6 Å². The zero-order valence-corrected chi connectivity index (χ0v) is 16.3. The fourth-order valence-corrected chi connectivity index (χ4v) is 4.44. The molecule has 0 radical (unpaired) electrons. The zero-order chi connectivity index (χ0) is 21.7. The number of rotatable bonds is 5. The molecular weight excluding hydrogens is 407 g/mol. The maximum absolute atomic E-state index is 14.4. The molecule has 31 heavy (non-hydrogen) atoms. The van der Waals surface area contributed by atoms with E-state index in [1.807, 2.05) is 0 Å². The van der Waals surface area contributed by atoms with Gasteiger partial charge in [0.1, 0.15) is 23.1 Å². The molecule has 0 atom stereocenters. The van der Waals surface area contributed by atoms with Crippen LogP contribution in [0.25, 0.3) is 22.2 Å². The predicted octanol–water partition coefficient (Wildman–Crippen LogP) is 3.88. The number of H-pyrrole nitrogens is 1. The molecular formula is C23H18F3N3O2. The van der Waals surface area contributed by atoms with Gasteiger partial charge in [-0.1, -0.05) is 0 Å². The van der Waals surface area contributed by atoms with E-state index >= 15 is 0 Å². The Morgan fingerprint density at radius 2 is 1.74 bits per heavy atom. The molecule has 1 saturated carbocycles. The van der Waals surface area contributed by atoms with Gasteiger partial charge in [0.15, 0.2) is 0 Å². The highest BCUT2D eigenvalue weighted by Crippen LogP contribution is 2.48. The van der Waals surface area contributed by atoms with E-state index in [2.05, 4.69) is 15.6 Å². The van der Waals surface area contributed by atoms with Gasteiger partial charge in [-0.2, -0.15) is 0 Å². The van der Waals surface area contributed by atoms with E-state index < -0.39 is 23.4 Å². The van der Waals surface area contributed by atoms with Gasteiger partial charge in [0.2, 0.25) is 0 Å². The van der Waals surface area contributed by atoms with Crippen LogP contribution in [0.1, 0.15) is 24.3 Å². The molecule has 1 aromatic heterocycles. The average molecular weight is 425 g/mol. The Balaban J connectivity index is 1.42. The topological polar surface area (TPSA) is 74.0 Å². The monoisotopic (exact) mass is 425 g/mol. The molecule has 0 bridgehead atoms. The maximum Gasteiger partial charge on any atom is 0.274 e. The number of imide groups is 1. The third kappa shape index (κ3) is 3.48. The quantitative estimate of drug-likeness (QED) is 0.544. The minimum Gasteiger partial charge on any atom is -0.380 e. The van der Waals surface area contributed by atoms with E-state index in [0.717, 1.165) is 24.5 Å². The van der Waals surface area contributed by atoms with Crippen LogP contribution in [0.2, 0.25) is 0 Å². The van der Waals surface area contributed by atoms with Gasteiger partial charge in [-0.15, -0.1) is 0 Å². The SMILES string of the molecule is O=C1C=C(NCC2CC(c3c(-c4ccc(F)cc4)[nH]c4c(F)cc(F)cc34)C2)C(=O)N1. The molecule has 0 spiro atoms. The summed E-state index contributed by atoms with van der Waals surface area (Å²) in [4.78, 5) is 25.9. The van der Waals surface area contributed by atoms with Gasteiger partial charge in [-0.25, -0.2) is 13.2 Å². The Morgan fingerprint density at radius 1 is 1.00 bits per heavy atom. The van der Waals surface area contributed by atoms with Gasteiger partial charge in [0, 0.05) is 24.1 Å². The lowest BCUT2D eigenvalue weighted by molar-refractivity contribution is -0.124. The fourth-order valence-electron chi connectivity index (χ4n) is 4.44. The summed E-state index contributed by atoms with van der Waals surface area (Å²) < 4.78 is 41.8. The molecule has 8 heteroatoms. The Kier molecular flexibility index (Phi) is 4.57. The van der Waals surface area contributed by atoms with E-state index in [-0.39, 0.29) is 28.9 Å². The molecule has 0 unspecified atom stereocenters. The van der Waals surface area contributed by atoms with Crippen molar-refractivity contribution >= 4 is 22.7 Å². The summed E-state index contributed by atoms with van der Waals surface area (Å²) in [6, 6.07) is 8.04. The summed E-state index contributed by atoms with van der Waals surface area (Å²) in [5.41, 5.74) is 2.63. The van der Waals surface area contributed by atoms with Crippen molar-refractivity contribution < 1.29 is 22.8 Å². The highest BCUT2D eigenvalue weighted by Gasteiger charge is 2.35. The number of carbonyl (C=O) groups excluding carboxylic acids is 2. The smallest absolute Gasteiger partial charge is 0.274 e. The molecule has 2 aromatic carbocycles. The molecule has 2 amide bonds. The highest BCUT2D eigenvalue weighted by atomic mass is 19.1. The first-order valence-electron chi connectivity index (χ1n) is 9.96. The van der Waals surface area contributed by atoms with E-state index in [4.69, 9.17) is 0 Å². The van der Waals surface area contributed by atoms with Crippen LogP contribution in [0.5, 0.6) is 0 Å². The summed E-state index contributed by atoms with van der Waals surface area (Å²) in [6.07, 6.45) is 2.72. The van der Waals surface area contributed by atoms with E-state index in [0.29, 0.717) is 23.2 Å². The van der Waals surface area contributed by atoms with Gasteiger partial charge in [-0.05, 0) is 66.1 Å². The molecule has 1 aliphatic carbocycles. The van der Waals surface area contributed by atoms with Crippen molar-refractivity contribution in [3.8, 4) is 11.3 Å². The molecule has 3 N–H and O–H groups in total. The summed E-state index contributed by atoms with van der Waals surface area (Å²) in [7, 11) is 0. The van der Waals surface area contributed by atoms with Gasteiger partial charge in [-0.3, -0.25) is 14.9 Å². The summed E-state index contributed by atoms with van der Waals surface area (Å²) >= 11 is 0. The number of amides is 2. The number of aromatic nitrogens is 1. The van der Waals surface area contributed by atoms with Crippen molar-refractivity contribution in [2.45, 2.75) is 18.8 Å². The molecule has 0 saturated heterocycles. The first-order chi connectivity index (χ1) is 14.9. The normalized spacial score (nSPS) is 20.5. The van der Waals surface area contributed by atoms with Crippen LogP contribution >= 0.6 is 0 Å². The number of carbonyl (C=O) groups is 2. The first-order valence-corrected chi connectivity index (χ1v) is 9.96. The molecule has 2 heterocycles. The van der Waals surface area contributed by atoms with Gasteiger partial charge in [0.25, 0.3) is 11.8 Å². The number of halogens is 3. The lowest BCUT2D eigenvalue weighted by Gasteiger charge is -2.36. The van der Waals surface area contributed by atoms with Crippen LogP contribution in [0.3, 0.4) is 0 Å². The summed E-state index contributed by atoms with van der Waals surface area (Å²) in [5, 5.41) is 5.66. The third-order valence-corrected chi connectivity index (χ3v) is 5.98. The van der Waals surface area contributed by atoms with Gasteiger partial charge in [0.05, 0.1) is 11.2 Å². The molecule has 1 aliphatic heterocycles. The number of nitrogens with one attached hydrogen (secondary N) is 3. The standard InChI is InChI=1S/C23H18F3N3O2/c24-14-3-1-12(2-4-14)21-20(16-7-15(25)8-17(26)22(16)29-21)13-5-11(6-13)10-27-18-9-19(30)28-23(18)31/h1-4,7-9,11,13,29H,5-6,10H2,(H2,27,28,30,31). The van der Waals surface area contributed by atoms with Crippen LogP contribution in [0.15, 0.2) is 48.2 Å². The molecule has 5 nitrogen and oxygen atoms in total. The van der Waals surface area contributed by atoms with Gasteiger partial charge < -0.3 is 10.3 Å². The highest BCUT2D eigenvalue weighted by molar-refractivity contribution is 6.15. The van der Waals surface area contributed by atoms with Crippen molar-refractivity contribution in [1.29, 1.82) is 0 Å². The zero-order valence-electron chi connectivity index (χ0n) is 16.3. The second-order valence-electron chi connectivity index (χ2n) is 8.02.